The Labute approximate surface area is 154 Å². The zero-order valence-corrected chi connectivity index (χ0v) is 15.2. The van der Waals surface area contributed by atoms with Crippen LogP contribution >= 0.6 is 0 Å². The first-order valence-electron chi connectivity index (χ1n) is 9.30. The third kappa shape index (κ3) is 4.51. The van der Waals surface area contributed by atoms with Crippen molar-refractivity contribution in [2.45, 2.75) is 45.1 Å². The topological polar surface area (TPSA) is 55.4 Å². The minimum Gasteiger partial charge on any atom is -0.494 e. The van der Waals surface area contributed by atoms with Crippen molar-refractivity contribution < 1.29 is 14.3 Å². The third-order valence-electron chi connectivity index (χ3n) is 4.77. The van der Waals surface area contributed by atoms with Gasteiger partial charge in [-0.1, -0.05) is 24.3 Å². The first-order valence-corrected chi connectivity index (χ1v) is 9.30. The van der Waals surface area contributed by atoms with E-state index in [-0.39, 0.29) is 30.6 Å². The van der Waals surface area contributed by atoms with Gasteiger partial charge in [-0.25, -0.2) is 0 Å². The van der Waals surface area contributed by atoms with Crippen LogP contribution in [0.2, 0.25) is 0 Å². The second-order valence-corrected chi connectivity index (χ2v) is 6.59. The van der Waals surface area contributed by atoms with Gasteiger partial charge in [-0.15, -0.1) is 0 Å². The molecular formula is C22H25NO3. The van der Waals surface area contributed by atoms with Crippen LogP contribution < -0.4 is 10.1 Å². The summed E-state index contributed by atoms with van der Waals surface area (Å²) in [6.07, 6.45) is 3.53. The molecule has 0 aromatic heterocycles. The summed E-state index contributed by atoms with van der Waals surface area (Å²) in [5.74, 6) is 0.663. The lowest BCUT2D eigenvalue weighted by Gasteiger charge is -2.26. The van der Waals surface area contributed by atoms with Crippen LogP contribution in [0.3, 0.4) is 0 Å². The van der Waals surface area contributed by atoms with Crippen molar-refractivity contribution in [3.63, 3.8) is 0 Å². The Balaban J connectivity index is 1.52. The van der Waals surface area contributed by atoms with Crippen LogP contribution in [0.1, 0.15) is 60.1 Å². The number of fused-ring (bicyclic) bond motifs is 1. The van der Waals surface area contributed by atoms with Gasteiger partial charge in [-0.2, -0.15) is 0 Å². The molecule has 0 fully saturated rings. The molecule has 1 unspecified atom stereocenters. The Hall–Kier alpha value is -2.62. The van der Waals surface area contributed by atoms with E-state index in [1.54, 1.807) is 24.3 Å². The standard InChI is InChI=1S/C22H25NO3/c1-2-26-18-12-10-17(11-13-18)21(24)14-15-22(25)23-20-9-5-7-16-6-3-4-8-19(16)20/h3-4,6,8,10-13,20H,2,5,7,9,14-15H2,1H3,(H,23,25). The second kappa shape index (κ2) is 8.65. The van der Waals surface area contributed by atoms with Gasteiger partial charge in [-0.05, 0) is 61.6 Å². The van der Waals surface area contributed by atoms with Gasteiger partial charge in [-0.3, -0.25) is 9.59 Å². The summed E-state index contributed by atoms with van der Waals surface area (Å²) in [4.78, 5) is 24.6. The van der Waals surface area contributed by atoms with Crippen LogP contribution in [-0.2, 0) is 11.2 Å². The Morgan fingerprint density at radius 1 is 1.08 bits per heavy atom. The van der Waals surface area contributed by atoms with E-state index >= 15 is 0 Å². The van der Waals surface area contributed by atoms with Crippen LogP contribution in [0.15, 0.2) is 48.5 Å². The van der Waals surface area contributed by atoms with E-state index in [0.29, 0.717) is 12.2 Å². The molecule has 0 saturated heterocycles. The highest BCUT2D eigenvalue weighted by Crippen LogP contribution is 2.29. The van der Waals surface area contributed by atoms with Crippen molar-refractivity contribution in [3.8, 4) is 5.75 Å². The van der Waals surface area contributed by atoms with Gasteiger partial charge < -0.3 is 10.1 Å². The van der Waals surface area contributed by atoms with Crippen molar-refractivity contribution in [1.29, 1.82) is 0 Å². The summed E-state index contributed by atoms with van der Waals surface area (Å²) >= 11 is 0. The van der Waals surface area contributed by atoms with Crippen molar-refractivity contribution in [1.82, 2.24) is 5.32 Å². The molecule has 0 bridgehead atoms. The van der Waals surface area contributed by atoms with E-state index in [9.17, 15) is 9.59 Å². The molecule has 1 atom stereocenters. The molecule has 4 heteroatoms. The van der Waals surface area contributed by atoms with E-state index in [4.69, 9.17) is 4.74 Å². The van der Waals surface area contributed by atoms with Crippen LogP contribution in [0.5, 0.6) is 5.75 Å². The molecular weight excluding hydrogens is 326 g/mol. The number of hydrogen-bond acceptors (Lipinski definition) is 3. The van der Waals surface area contributed by atoms with Gasteiger partial charge in [0.1, 0.15) is 5.75 Å². The molecule has 0 aliphatic heterocycles. The quantitative estimate of drug-likeness (QED) is 0.759. The van der Waals surface area contributed by atoms with Gasteiger partial charge in [0.15, 0.2) is 5.78 Å². The SMILES string of the molecule is CCOc1ccc(C(=O)CCC(=O)NC2CCCc3ccccc32)cc1. The number of carbonyl (C=O) groups excluding carboxylic acids is 2. The number of rotatable bonds is 7. The summed E-state index contributed by atoms with van der Waals surface area (Å²) in [5.41, 5.74) is 3.14. The lowest BCUT2D eigenvalue weighted by Crippen LogP contribution is -2.31. The zero-order valence-electron chi connectivity index (χ0n) is 15.2. The van der Waals surface area contributed by atoms with Gasteiger partial charge in [0.05, 0.1) is 12.6 Å². The van der Waals surface area contributed by atoms with Crippen LogP contribution in [-0.4, -0.2) is 18.3 Å². The van der Waals surface area contributed by atoms with Crippen molar-refractivity contribution in [3.05, 3.63) is 65.2 Å². The molecule has 1 aliphatic rings. The van der Waals surface area contributed by atoms with Crippen LogP contribution in [0, 0.1) is 0 Å². The first-order chi connectivity index (χ1) is 12.7. The Bertz CT molecular complexity index is 767. The van der Waals surface area contributed by atoms with E-state index in [2.05, 4.69) is 17.4 Å². The maximum absolute atomic E-state index is 12.3. The maximum atomic E-state index is 12.3. The summed E-state index contributed by atoms with van der Waals surface area (Å²) in [5, 5.41) is 3.10. The highest BCUT2D eigenvalue weighted by atomic mass is 16.5. The first kappa shape index (κ1) is 18.2. The number of hydrogen-bond donors (Lipinski definition) is 1. The molecule has 0 spiro atoms. The molecule has 0 saturated carbocycles. The van der Waals surface area contributed by atoms with Crippen molar-refractivity contribution in [2.75, 3.05) is 6.61 Å². The Morgan fingerprint density at radius 2 is 1.85 bits per heavy atom. The average Bonchev–Trinajstić information content (AvgIpc) is 2.67. The minimum absolute atomic E-state index is 0.0211. The highest BCUT2D eigenvalue weighted by Gasteiger charge is 2.21. The number of ketones is 1. The van der Waals surface area contributed by atoms with E-state index < -0.39 is 0 Å². The number of benzene rings is 2. The van der Waals surface area contributed by atoms with Crippen LogP contribution in [0.4, 0.5) is 0 Å². The fourth-order valence-electron chi connectivity index (χ4n) is 3.45. The monoisotopic (exact) mass is 351 g/mol. The molecule has 2 aromatic rings. The maximum Gasteiger partial charge on any atom is 0.220 e. The fraction of sp³-hybridized carbons (Fsp3) is 0.364. The number of aryl methyl sites for hydroxylation is 1. The lowest BCUT2D eigenvalue weighted by atomic mass is 9.87. The molecule has 0 radical (unpaired) electrons. The van der Waals surface area contributed by atoms with Crippen LogP contribution in [0.25, 0.3) is 0 Å². The summed E-state index contributed by atoms with van der Waals surface area (Å²) in [6.45, 7) is 2.51. The molecule has 26 heavy (non-hydrogen) atoms. The Morgan fingerprint density at radius 3 is 2.62 bits per heavy atom. The lowest BCUT2D eigenvalue weighted by molar-refractivity contribution is -0.121. The van der Waals surface area contributed by atoms with Gasteiger partial charge in [0, 0.05) is 18.4 Å². The predicted molar refractivity (Wildman–Crippen MR) is 101 cm³/mol. The number of nitrogens with one attached hydrogen (secondary N) is 1. The molecule has 1 amide bonds. The molecule has 136 valence electrons. The van der Waals surface area contributed by atoms with E-state index in [1.165, 1.54) is 11.1 Å². The molecule has 0 heterocycles. The molecule has 2 aromatic carbocycles. The average molecular weight is 351 g/mol. The number of ether oxygens (including phenoxy) is 1. The van der Waals surface area contributed by atoms with E-state index in [0.717, 1.165) is 25.0 Å². The molecule has 1 N–H and O–H groups in total. The molecule has 3 rings (SSSR count). The predicted octanol–water partition coefficient (Wildman–Crippen LogP) is 4.24. The second-order valence-electron chi connectivity index (χ2n) is 6.59. The molecule has 4 nitrogen and oxygen atoms in total. The van der Waals surface area contributed by atoms with E-state index in [1.807, 2.05) is 19.1 Å². The minimum atomic E-state index is -0.0639. The molecule has 1 aliphatic carbocycles. The fourth-order valence-corrected chi connectivity index (χ4v) is 3.45. The third-order valence-corrected chi connectivity index (χ3v) is 4.77. The Kier molecular flexibility index (Phi) is 6.05. The van der Waals surface area contributed by atoms with Gasteiger partial charge in [0.25, 0.3) is 0 Å². The summed E-state index contributed by atoms with van der Waals surface area (Å²) in [7, 11) is 0. The zero-order chi connectivity index (χ0) is 18.4. The number of Topliss-reactive ketones (excluding diaryl/α,β-unsaturated/α-hetero) is 1. The number of carbonyl (C=O) groups is 2. The smallest absolute Gasteiger partial charge is 0.220 e. The normalized spacial score (nSPS) is 15.8. The number of amides is 1. The van der Waals surface area contributed by atoms with Gasteiger partial charge in [0.2, 0.25) is 5.91 Å². The van der Waals surface area contributed by atoms with Crippen molar-refractivity contribution >= 4 is 11.7 Å². The van der Waals surface area contributed by atoms with Gasteiger partial charge >= 0.3 is 0 Å². The van der Waals surface area contributed by atoms with Crippen molar-refractivity contribution in [2.24, 2.45) is 0 Å². The summed E-state index contributed by atoms with van der Waals surface area (Å²) in [6, 6.07) is 15.4. The summed E-state index contributed by atoms with van der Waals surface area (Å²) < 4.78 is 5.38. The largest absolute Gasteiger partial charge is 0.494 e. The highest BCUT2D eigenvalue weighted by molar-refractivity contribution is 5.98.